The number of nitrogens with zero attached hydrogens (tertiary/aromatic N) is 1. The smallest absolute Gasteiger partial charge is 0.246 e. The predicted molar refractivity (Wildman–Crippen MR) is 78.9 cm³/mol. The molecule has 0 spiro atoms. The number of anilines is 1. The molecule has 1 unspecified atom stereocenters. The number of imide groups is 1. The minimum Gasteiger partial charge on any atom is -0.325 e. The molecule has 7 heteroatoms. The normalized spacial score (nSPS) is 18.8. The van der Waals surface area contributed by atoms with Gasteiger partial charge in [-0.05, 0) is 24.6 Å². The summed E-state index contributed by atoms with van der Waals surface area (Å²) in [6.07, 6.45) is 0.711. The molecule has 21 heavy (non-hydrogen) atoms. The third kappa shape index (κ3) is 4.03. The van der Waals surface area contributed by atoms with E-state index < -0.39 is 6.04 Å². The van der Waals surface area contributed by atoms with E-state index in [-0.39, 0.29) is 24.3 Å². The van der Waals surface area contributed by atoms with Crippen LogP contribution in [0.3, 0.4) is 0 Å². The van der Waals surface area contributed by atoms with Crippen LogP contribution in [0.15, 0.2) is 24.3 Å². The Labute approximate surface area is 127 Å². The maximum absolute atomic E-state index is 11.8. The Morgan fingerprint density at radius 1 is 1.43 bits per heavy atom. The number of benzene rings is 1. The minimum absolute atomic E-state index is 0.00898. The van der Waals surface area contributed by atoms with Crippen LogP contribution in [0.4, 0.5) is 5.69 Å². The Bertz CT molecular complexity index is 576. The topological polar surface area (TPSA) is 78.5 Å². The third-order valence-electron chi connectivity index (χ3n) is 3.27. The Kier molecular flexibility index (Phi) is 4.93. The first-order valence-corrected chi connectivity index (χ1v) is 6.94. The van der Waals surface area contributed by atoms with E-state index in [9.17, 15) is 14.4 Å². The van der Waals surface area contributed by atoms with E-state index in [1.54, 1.807) is 24.3 Å². The molecule has 1 atom stereocenters. The molecule has 2 N–H and O–H groups in total. The number of halogens is 1. The van der Waals surface area contributed by atoms with Gasteiger partial charge in [0.1, 0.15) is 0 Å². The predicted octanol–water partition coefficient (Wildman–Crippen LogP) is 1.02. The Hall–Kier alpha value is -1.92. The summed E-state index contributed by atoms with van der Waals surface area (Å²) in [5.41, 5.74) is 0.594. The minimum atomic E-state index is -0.502. The van der Waals surface area contributed by atoms with Crippen LogP contribution in [0.2, 0.25) is 5.02 Å². The number of likely N-dealkylation sites (tertiary alicyclic amines) is 1. The van der Waals surface area contributed by atoms with Gasteiger partial charge in [-0.2, -0.15) is 0 Å². The SMILES string of the molecule is CN1C(=O)CCC(NCC(=O)Nc2cccc(Cl)c2)C1=O. The van der Waals surface area contributed by atoms with Crippen LogP contribution in [0.1, 0.15) is 12.8 Å². The molecule has 1 aromatic carbocycles. The summed E-state index contributed by atoms with van der Waals surface area (Å²) in [5.74, 6) is -0.771. The first-order valence-electron chi connectivity index (χ1n) is 6.56. The zero-order valence-corrected chi connectivity index (χ0v) is 12.3. The number of carbonyl (C=O) groups excluding carboxylic acids is 3. The van der Waals surface area contributed by atoms with Crippen molar-refractivity contribution in [3.05, 3.63) is 29.3 Å². The van der Waals surface area contributed by atoms with Gasteiger partial charge in [-0.25, -0.2) is 0 Å². The van der Waals surface area contributed by atoms with Crippen molar-refractivity contribution in [3.63, 3.8) is 0 Å². The standard InChI is InChI=1S/C14H16ClN3O3/c1-18-13(20)6-5-11(14(18)21)16-8-12(19)17-10-4-2-3-9(15)7-10/h2-4,7,11,16H,5-6,8H2,1H3,(H,17,19). The Morgan fingerprint density at radius 2 is 2.19 bits per heavy atom. The molecule has 3 amide bonds. The second kappa shape index (κ2) is 6.69. The van der Waals surface area contributed by atoms with E-state index in [2.05, 4.69) is 10.6 Å². The lowest BCUT2D eigenvalue weighted by Crippen LogP contribution is -2.52. The molecule has 0 aromatic heterocycles. The van der Waals surface area contributed by atoms with Gasteiger partial charge in [0, 0.05) is 24.2 Å². The molecule has 1 saturated heterocycles. The van der Waals surface area contributed by atoms with Gasteiger partial charge in [-0.3, -0.25) is 24.6 Å². The average molecular weight is 310 g/mol. The number of hydrogen-bond donors (Lipinski definition) is 2. The van der Waals surface area contributed by atoms with Crippen molar-refractivity contribution in [1.82, 2.24) is 10.2 Å². The van der Waals surface area contributed by atoms with Crippen molar-refractivity contribution >= 4 is 35.0 Å². The van der Waals surface area contributed by atoms with E-state index >= 15 is 0 Å². The molecule has 6 nitrogen and oxygen atoms in total. The summed E-state index contributed by atoms with van der Waals surface area (Å²) in [5, 5.41) is 6.08. The van der Waals surface area contributed by atoms with Gasteiger partial charge in [0.2, 0.25) is 17.7 Å². The number of amides is 3. The quantitative estimate of drug-likeness (QED) is 0.814. The lowest BCUT2D eigenvalue weighted by molar-refractivity contribution is -0.148. The monoisotopic (exact) mass is 309 g/mol. The zero-order chi connectivity index (χ0) is 15.4. The maximum atomic E-state index is 11.8. The van der Waals surface area contributed by atoms with Crippen molar-refractivity contribution in [3.8, 4) is 0 Å². The molecule has 1 heterocycles. The zero-order valence-electron chi connectivity index (χ0n) is 11.6. The van der Waals surface area contributed by atoms with Crippen LogP contribution in [0.5, 0.6) is 0 Å². The molecule has 1 fully saturated rings. The van der Waals surface area contributed by atoms with Crippen LogP contribution in [-0.4, -0.2) is 42.3 Å². The molecule has 0 bridgehead atoms. The average Bonchev–Trinajstić information content (AvgIpc) is 2.44. The van der Waals surface area contributed by atoms with Crippen molar-refractivity contribution in [2.75, 3.05) is 18.9 Å². The summed E-state index contributed by atoms with van der Waals surface area (Å²) in [6.45, 7) is -0.00898. The van der Waals surface area contributed by atoms with Crippen molar-refractivity contribution < 1.29 is 14.4 Å². The van der Waals surface area contributed by atoms with Gasteiger partial charge in [-0.15, -0.1) is 0 Å². The highest BCUT2D eigenvalue weighted by atomic mass is 35.5. The molecule has 1 aromatic rings. The van der Waals surface area contributed by atoms with Crippen LogP contribution in [0.25, 0.3) is 0 Å². The number of likely N-dealkylation sites (N-methyl/N-ethyl adjacent to an activating group) is 1. The number of rotatable bonds is 4. The van der Waals surface area contributed by atoms with Gasteiger partial charge >= 0.3 is 0 Å². The van der Waals surface area contributed by atoms with Crippen LogP contribution >= 0.6 is 11.6 Å². The molecule has 0 radical (unpaired) electrons. The maximum Gasteiger partial charge on any atom is 0.246 e. The van der Waals surface area contributed by atoms with Crippen LogP contribution in [-0.2, 0) is 14.4 Å². The van der Waals surface area contributed by atoms with E-state index in [4.69, 9.17) is 11.6 Å². The first-order chi connectivity index (χ1) is 9.97. The largest absolute Gasteiger partial charge is 0.325 e. The number of nitrogens with one attached hydrogen (secondary N) is 2. The van der Waals surface area contributed by atoms with E-state index in [1.807, 2.05) is 0 Å². The van der Waals surface area contributed by atoms with Crippen molar-refractivity contribution in [2.24, 2.45) is 0 Å². The summed E-state index contributed by atoms with van der Waals surface area (Å²) in [7, 11) is 1.45. The summed E-state index contributed by atoms with van der Waals surface area (Å²) in [6, 6.07) is 6.30. The van der Waals surface area contributed by atoms with Gasteiger partial charge in [0.15, 0.2) is 0 Å². The highest BCUT2D eigenvalue weighted by Crippen LogP contribution is 2.15. The highest BCUT2D eigenvalue weighted by Gasteiger charge is 2.31. The summed E-state index contributed by atoms with van der Waals surface area (Å²) < 4.78 is 0. The lowest BCUT2D eigenvalue weighted by Gasteiger charge is -2.28. The van der Waals surface area contributed by atoms with Crippen molar-refractivity contribution in [1.29, 1.82) is 0 Å². The molecule has 1 aliphatic heterocycles. The lowest BCUT2D eigenvalue weighted by atomic mass is 10.0. The molecule has 2 rings (SSSR count). The van der Waals surface area contributed by atoms with Crippen LogP contribution < -0.4 is 10.6 Å². The summed E-state index contributed by atoms with van der Waals surface area (Å²) in [4.78, 5) is 36.1. The van der Waals surface area contributed by atoms with E-state index in [0.717, 1.165) is 4.90 Å². The molecular formula is C14H16ClN3O3. The van der Waals surface area contributed by atoms with Gasteiger partial charge in [0.05, 0.1) is 12.6 Å². The molecule has 0 saturated carbocycles. The number of hydrogen-bond acceptors (Lipinski definition) is 4. The van der Waals surface area contributed by atoms with Gasteiger partial charge < -0.3 is 5.32 Å². The Balaban J connectivity index is 1.84. The van der Waals surface area contributed by atoms with Crippen molar-refractivity contribution in [2.45, 2.75) is 18.9 Å². The van der Waals surface area contributed by atoms with E-state index in [1.165, 1.54) is 7.05 Å². The van der Waals surface area contributed by atoms with Crippen LogP contribution in [0, 0.1) is 0 Å². The first kappa shape index (κ1) is 15.5. The third-order valence-corrected chi connectivity index (χ3v) is 3.50. The summed E-state index contributed by atoms with van der Waals surface area (Å²) >= 11 is 5.83. The highest BCUT2D eigenvalue weighted by molar-refractivity contribution is 6.30. The fraction of sp³-hybridized carbons (Fsp3) is 0.357. The fourth-order valence-corrected chi connectivity index (χ4v) is 2.28. The van der Waals surface area contributed by atoms with E-state index in [0.29, 0.717) is 23.6 Å². The molecular weight excluding hydrogens is 294 g/mol. The second-order valence-corrected chi connectivity index (χ2v) is 5.26. The molecule has 112 valence electrons. The number of piperidine rings is 1. The second-order valence-electron chi connectivity index (χ2n) is 4.82. The number of carbonyl (C=O) groups is 3. The van der Waals surface area contributed by atoms with Gasteiger partial charge in [-0.1, -0.05) is 17.7 Å². The molecule has 0 aliphatic carbocycles. The van der Waals surface area contributed by atoms with Gasteiger partial charge in [0.25, 0.3) is 0 Å². The fourth-order valence-electron chi connectivity index (χ4n) is 2.09. The molecule has 1 aliphatic rings. The Morgan fingerprint density at radius 3 is 2.90 bits per heavy atom.